The number of carbonyl (C=O) groups excluding carboxylic acids is 1. The summed E-state index contributed by atoms with van der Waals surface area (Å²) in [5.41, 5.74) is 8.47. The Morgan fingerprint density at radius 1 is 1.14 bits per heavy atom. The third-order valence-corrected chi connectivity index (χ3v) is 4.13. The molecule has 2 aromatic carbocycles. The molecule has 0 unspecified atom stereocenters. The topological polar surface area (TPSA) is 54.0 Å². The van der Waals surface area contributed by atoms with E-state index in [0.717, 1.165) is 20.8 Å². The summed E-state index contributed by atoms with van der Waals surface area (Å²) < 4.78 is 1.10. The highest BCUT2D eigenvalue weighted by molar-refractivity contribution is 7.18. The third kappa shape index (κ3) is 3.09. The van der Waals surface area contributed by atoms with Crippen LogP contribution in [0.15, 0.2) is 48.5 Å². The summed E-state index contributed by atoms with van der Waals surface area (Å²) >= 11 is 1.56. The van der Waals surface area contributed by atoms with Crippen LogP contribution in [-0.4, -0.2) is 17.9 Å². The summed E-state index contributed by atoms with van der Waals surface area (Å²) in [6.45, 7) is 0. The minimum atomic E-state index is -0.0835. The number of carbonyl (C=O) groups is 1. The molecule has 4 nitrogen and oxygen atoms in total. The van der Waals surface area contributed by atoms with Gasteiger partial charge in [-0.1, -0.05) is 36.4 Å². The van der Waals surface area contributed by atoms with Crippen LogP contribution in [0.4, 0.5) is 0 Å². The fraction of sp³-hybridized carbons (Fsp3) is 0.125. The van der Waals surface area contributed by atoms with Crippen LogP contribution in [0.5, 0.6) is 0 Å². The van der Waals surface area contributed by atoms with Crippen molar-refractivity contribution >= 4 is 27.5 Å². The number of benzene rings is 2. The molecule has 3 aromatic rings. The standard InChI is InChI=1S/C16H15N3OS/c1-17-19-15(20)10-16-18-13-8-7-12(9-14(13)21-16)11-5-3-2-4-6-11/h2-9,17H,10H2,1H3,(H,19,20). The molecule has 0 atom stereocenters. The van der Waals surface area contributed by atoms with E-state index in [1.807, 2.05) is 24.3 Å². The van der Waals surface area contributed by atoms with Crippen molar-refractivity contribution in [2.75, 3.05) is 7.05 Å². The molecule has 0 saturated carbocycles. The summed E-state index contributed by atoms with van der Waals surface area (Å²) in [5, 5.41) is 0.822. The summed E-state index contributed by atoms with van der Waals surface area (Å²) in [7, 11) is 1.67. The molecule has 1 aromatic heterocycles. The molecule has 0 bridgehead atoms. The van der Waals surface area contributed by atoms with E-state index in [-0.39, 0.29) is 5.91 Å². The molecule has 1 amide bonds. The molecule has 1 heterocycles. The summed E-state index contributed by atoms with van der Waals surface area (Å²) in [6.07, 6.45) is 0.293. The molecule has 0 aliphatic heterocycles. The van der Waals surface area contributed by atoms with E-state index in [9.17, 15) is 4.79 Å². The Hall–Kier alpha value is -2.24. The molecule has 0 saturated heterocycles. The first-order valence-corrected chi connectivity index (χ1v) is 7.48. The summed E-state index contributed by atoms with van der Waals surface area (Å²) in [4.78, 5) is 16.1. The monoisotopic (exact) mass is 297 g/mol. The summed E-state index contributed by atoms with van der Waals surface area (Å²) in [5.74, 6) is -0.0835. The maximum atomic E-state index is 11.6. The smallest absolute Gasteiger partial charge is 0.240 e. The molecule has 3 rings (SSSR count). The van der Waals surface area contributed by atoms with Crippen molar-refractivity contribution in [1.29, 1.82) is 0 Å². The lowest BCUT2D eigenvalue weighted by Crippen LogP contribution is -2.35. The first-order chi connectivity index (χ1) is 10.3. The van der Waals surface area contributed by atoms with Crippen molar-refractivity contribution in [3.8, 4) is 11.1 Å². The average molecular weight is 297 g/mol. The van der Waals surface area contributed by atoms with Crippen molar-refractivity contribution in [3.05, 3.63) is 53.5 Å². The highest BCUT2D eigenvalue weighted by atomic mass is 32.1. The predicted molar refractivity (Wildman–Crippen MR) is 86.0 cm³/mol. The average Bonchev–Trinajstić information content (AvgIpc) is 2.89. The Bertz CT molecular complexity index is 768. The second-order valence-electron chi connectivity index (χ2n) is 4.63. The number of hydrogen-bond donors (Lipinski definition) is 2. The normalized spacial score (nSPS) is 10.7. The number of amides is 1. The minimum absolute atomic E-state index is 0.0835. The minimum Gasteiger partial charge on any atom is -0.291 e. The van der Waals surface area contributed by atoms with Crippen molar-refractivity contribution in [2.45, 2.75) is 6.42 Å². The van der Waals surface area contributed by atoms with Crippen LogP contribution >= 0.6 is 11.3 Å². The molecule has 0 radical (unpaired) electrons. The van der Waals surface area contributed by atoms with Crippen LogP contribution < -0.4 is 10.9 Å². The quantitative estimate of drug-likeness (QED) is 0.728. The van der Waals surface area contributed by atoms with Crippen LogP contribution in [0, 0.1) is 0 Å². The second kappa shape index (κ2) is 6.03. The van der Waals surface area contributed by atoms with Crippen molar-refractivity contribution in [1.82, 2.24) is 15.8 Å². The Morgan fingerprint density at radius 2 is 1.95 bits per heavy atom. The van der Waals surface area contributed by atoms with E-state index in [1.54, 1.807) is 18.4 Å². The van der Waals surface area contributed by atoms with E-state index in [4.69, 9.17) is 0 Å². The Labute approximate surface area is 126 Å². The van der Waals surface area contributed by atoms with Gasteiger partial charge in [0.25, 0.3) is 0 Å². The van der Waals surface area contributed by atoms with Gasteiger partial charge in [-0.15, -0.1) is 11.3 Å². The molecule has 21 heavy (non-hydrogen) atoms. The highest BCUT2D eigenvalue weighted by Crippen LogP contribution is 2.28. The van der Waals surface area contributed by atoms with Gasteiger partial charge in [0.2, 0.25) is 5.91 Å². The van der Waals surface area contributed by atoms with Crippen molar-refractivity contribution in [3.63, 3.8) is 0 Å². The van der Waals surface area contributed by atoms with E-state index in [0.29, 0.717) is 6.42 Å². The zero-order chi connectivity index (χ0) is 14.7. The first-order valence-electron chi connectivity index (χ1n) is 6.67. The van der Waals surface area contributed by atoms with Gasteiger partial charge in [0.1, 0.15) is 5.01 Å². The molecule has 5 heteroatoms. The maximum Gasteiger partial charge on any atom is 0.240 e. The molecule has 0 spiro atoms. The lowest BCUT2D eigenvalue weighted by Gasteiger charge is -2.00. The lowest BCUT2D eigenvalue weighted by molar-refractivity contribution is -0.121. The van der Waals surface area contributed by atoms with Crippen LogP contribution in [0.25, 0.3) is 21.3 Å². The van der Waals surface area contributed by atoms with Crippen LogP contribution in [-0.2, 0) is 11.2 Å². The van der Waals surface area contributed by atoms with Crippen LogP contribution in [0.3, 0.4) is 0 Å². The van der Waals surface area contributed by atoms with E-state index < -0.39 is 0 Å². The third-order valence-electron chi connectivity index (χ3n) is 3.12. The fourth-order valence-electron chi connectivity index (χ4n) is 2.18. The molecule has 0 fully saturated rings. The predicted octanol–water partition coefficient (Wildman–Crippen LogP) is 2.76. The largest absolute Gasteiger partial charge is 0.291 e. The Morgan fingerprint density at radius 3 is 2.71 bits per heavy atom. The number of fused-ring (bicyclic) bond motifs is 1. The fourth-order valence-corrected chi connectivity index (χ4v) is 3.18. The number of thiazole rings is 1. The number of nitrogens with one attached hydrogen (secondary N) is 2. The number of hydrogen-bond acceptors (Lipinski definition) is 4. The van der Waals surface area contributed by atoms with E-state index in [1.165, 1.54) is 5.56 Å². The Kier molecular flexibility index (Phi) is 3.94. The van der Waals surface area contributed by atoms with E-state index in [2.05, 4.69) is 40.1 Å². The van der Waals surface area contributed by atoms with Gasteiger partial charge < -0.3 is 0 Å². The molecular weight excluding hydrogens is 282 g/mol. The summed E-state index contributed by atoms with van der Waals surface area (Å²) in [6, 6.07) is 16.4. The van der Waals surface area contributed by atoms with Gasteiger partial charge in [0, 0.05) is 7.05 Å². The van der Waals surface area contributed by atoms with Crippen LogP contribution in [0.1, 0.15) is 5.01 Å². The van der Waals surface area contributed by atoms with Gasteiger partial charge in [-0.05, 0) is 23.3 Å². The van der Waals surface area contributed by atoms with Gasteiger partial charge in [-0.25, -0.2) is 10.4 Å². The van der Waals surface area contributed by atoms with Crippen LogP contribution in [0.2, 0.25) is 0 Å². The lowest BCUT2D eigenvalue weighted by atomic mass is 10.1. The zero-order valence-electron chi connectivity index (χ0n) is 11.6. The molecule has 0 aliphatic rings. The van der Waals surface area contributed by atoms with Crippen molar-refractivity contribution in [2.24, 2.45) is 0 Å². The van der Waals surface area contributed by atoms with Gasteiger partial charge in [0.15, 0.2) is 0 Å². The van der Waals surface area contributed by atoms with Gasteiger partial charge in [-0.2, -0.15) is 0 Å². The van der Waals surface area contributed by atoms with Crippen molar-refractivity contribution < 1.29 is 4.79 Å². The number of aromatic nitrogens is 1. The molecule has 2 N–H and O–H groups in total. The van der Waals surface area contributed by atoms with Gasteiger partial charge in [-0.3, -0.25) is 10.2 Å². The second-order valence-corrected chi connectivity index (χ2v) is 5.75. The number of nitrogens with zero attached hydrogens (tertiary/aromatic N) is 1. The first kappa shape index (κ1) is 13.7. The van der Waals surface area contributed by atoms with E-state index >= 15 is 0 Å². The van der Waals surface area contributed by atoms with Gasteiger partial charge in [0.05, 0.1) is 16.6 Å². The molecule has 106 valence electrons. The zero-order valence-corrected chi connectivity index (χ0v) is 12.4. The number of hydrazine groups is 1. The Balaban J connectivity index is 1.90. The highest BCUT2D eigenvalue weighted by Gasteiger charge is 2.09. The SMILES string of the molecule is CNNC(=O)Cc1nc2ccc(-c3ccccc3)cc2s1. The molecular formula is C16H15N3OS. The molecule has 0 aliphatic carbocycles. The number of rotatable bonds is 4. The van der Waals surface area contributed by atoms with Gasteiger partial charge >= 0.3 is 0 Å². The maximum absolute atomic E-state index is 11.6.